The molecule has 4 nitrogen and oxygen atoms in total. The van der Waals surface area contributed by atoms with Crippen LogP contribution in [-0.4, -0.2) is 33.7 Å². The molecule has 6 heteroatoms. The Bertz CT molecular complexity index is 111. The summed E-state index contributed by atoms with van der Waals surface area (Å²) in [5.74, 6) is -1.08. The molecule has 0 aromatic heterocycles. The van der Waals surface area contributed by atoms with E-state index in [1.165, 1.54) is 6.26 Å². The minimum Gasteiger partial charge on any atom is -0.616 e. The molecule has 0 aliphatic heterocycles. The molecule has 0 aromatic rings. The maximum Gasteiger partial charge on any atom is 0.325 e. The lowest BCUT2D eigenvalue weighted by Gasteiger charge is -2.06. The molecule has 0 heterocycles. The van der Waals surface area contributed by atoms with Crippen LogP contribution in [0.5, 0.6) is 0 Å². The molecule has 0 aromatic carbocycles. The van der Waals surface area contributed by atoms with Crippen molar-refractivity contribution >= 4 is 29.6 Å². The summed E-state index contributed by atoms with van der Waals surface area (Å²) in [6.07, 6.45) is 1.42. The zero-order valence-electron chi connectivity index (χ0n) is 5.44. The van der Waals surface area contributed by atoms with Crippen LogP contribution >= 0.6 is 12.4 Å². The van der Waals surface area contributed by atoms with Crippen molar-refractivity contribution in [3.05, 3.63) is 0 Å². The van der Waals surface area contributed by atoms with Gasteiger partial charge in [0.25, 0.3) is 0 Å². The lowest BCUT2D eigenvalue weighted by Crippen LogP contribution is -2.36. The van der Waals surface area contributed by atoms with Gasteiger partial charge in [-0.1, -0.05) is 11.2 Å². The van der Waals surface area contributed by atoms with E-state index in [9.17, 15) is 9.35 Å². The highest BCUT2D eigenvalue weighted by molar-refractivity contribution is 7.90. The number of carbonyl (C=O) groups is 1. The minimum atomic E-state index is -1.12. The number of nitrogens with two attached hydrogens (primary N) is 1. The van der Waals surface area contributed by atoms with Gasteiger partial charge in [0.15, 0.2) is 0 Å². The smallest absolute Gasteiger partial charge is 0.325 e. The third kappa shape index (κ3) is 6.15. The van der Waals surface area contributed by atoms with Gasteiger partial charge in [-0.15, -0.1) is 12.4 Å². The van der Waals surface area contributed by atoms with Crippen LogP contribution in [0.25, 0.3) is 0 Å². The summed E-state index contributed by atoms with van der Waals surface area (Å²) < 4.78 is 10.3. The summed E-state index contributed by atoms with van der Waals surface area (Å²) in [5, 5.41) is 8.17. The number of hydrogen-bond donors (Lipinski definition) is 2. The van der Waals surface area contributed by atoms with Gasteiger partial charge in [-0.25, -0.2) is 0 Å². The van der Waals surface area contributed by atoms with Crippen LogP contribution in [0, 0.1) is 0 Å². The van der Waals surface area contributed by atoms with E-state index in [-0.39, 0.29) is 18.2 Å². The average Bonchev–Trinajstić information content (AvgIpc) is 1.63. The first kappa shape index (κ1) is 12.7. The molecular weight excluding hydrogens is 178 g/mol. The molecule has 2 atom stereocenters. The van der Waals surface area contributed by atoms with Crippen LogP contribution in [0.4, 0.5) is 0 Å². The van der Waals surface area contributed by atoms with Crippen LogP contribution in [0.3, 0.4) is 0 Å². The molecule has 3 N–H and O–H groups in total. The van der Waals surface area contributed by atoms with E-state index in [0.29, 0.717) is 0 Å². The Morgan fingerprint density at radius 1 is 1.90 bits per heavy atom. The first-order chi connectivity index (χ1) is 4.04. The number of carboxylic acids is 1. The third-order valence-corrected chi connectivity index (χ3v) is 1.56. The topological polar surface area (TPSA) is 86.4 Å². The van der Waals surface area contributed by atoms with Crippen molar-refractivity contribution < 1.29 is 14.5 Å². The maximum atomic E-state index is 10.3. The lowest BCUT2D eigenvalue weighted by molar-refractivity contribution is -0.137. The summed E-state index contributed by atoms with van der Waals surface area (Å²) in [6, 6.07) is -0.990. The Balaban J connectivity index is 0. The summed E-state index contributed by atoms with van der Waals surface area (Å²) in [7, 11) is 0. The van der Waals surface area contributed by atoms with E-state index in [1.807, 2.05) is 0 Å². The van der Waals surface area contributed by atoms with Crippen molar-refractivity contribution in [1.29, 1.82) is 0 Å². The van der Waals surface area contributed by atoms with E-state index < -0.39 is 23.2 Å². The summed E-state index contributed by atoms with van der Waals surface area (Å²) >= 11 is -1.12. The van der Waals surface area contributed by atoms with Crippen LogP contribution in [0.2, 0.25) is 0 Å². The molecule has 10 heavy (non-hydrogen) atoms. The summed E-state index contributed by atoms with van der Waals surface area (Å²) in [5.41, 5.74) is 5.02. The van der Waals surface area contributed by atoms with E-state index in [4.69, 9.17) is 10.8 Å². The number of hydrogen-bond acceptors (Lipinski definition) is 3. The lowest BCUT2D eigenvalue weighted by atomic mass is 10.4. The third-order valence-electron chi connectivity index (χ3n) is 0.731. The Morgan fingerprint density at radius 3 is 2.40 bits per heavy atom. The van der Waals surface area contributed by atoms with Crippen molar-refractivity contribution in [2.45, 2.75) is 6.04 Å². The SMILES string of the molecule is C[S+]([O-])C[C@H](N)C(=O)O.Cl. The van der Waals surface area contributed by atoms with Gasteiger partial charge in [0.2, 0.25) is 0 Å². The highest BCUT2D eigenvalue weighted by Crippen LogP contribution is 1.87. The van der Waals surface area contributed by atoms with Crippen molar-refractivity contribution in [2.24, 2.45) is 5.73 Å². The predicted octanol–water partition coefficient (Wildman–Crippen LogP) is -0.801. The predicted molar refractivity (Wildman–Crippen MR) is 41.8 cm³/mol. The molecule has 1 unspecified atom stereocenters. The Labute approximate surface area is 68.4 Å². The normalized spacial score (nSPS) is 15.1. The minimum absolute atomic E-state index is 0. The molecule has 0 amide bonds. The van der Waals surface area contributed by atoms with E-state index >= 15 is 0 Å². The first-order valence-electron chi connectivity index (χ1n) is 2.32. The molecule has 0 fully saturated rings. The fourth-order valence-corrected chi connectivity index (χ4v) is 0.972. The van der Waals surface area contributed by atoms with Gasteiger partial charge < -0.3 is 15.4 Å². The van der Waals surface area contributed by atoms with Crippen molar-refractivity contribution in [2.75, 3.05) is 12.0 Å². The van der Waals surface area contributed by atoms with E-state index in [1.54, 1.807) is 0 Å². The molecule has 0 radical (unpaired) electrons. The van der Waals surface area contributed by atoms with Gasteiger partial charge in [0.1, 0.15) is 11.8 Å². The summed E-state index contributed by atoms with van der Waals surface area (Å²) in [4.78, 5) is 9.98. The average molecular weight is 188 g/mol. The molecule has 0 bridgehead atoms. The molecule has 0 rings (SSSR count). The fourth-order valence-electron chi connectivity index (χ4n) is 0.324. The zero-order valence-corrected chi connectivity index (χ0v) is 7.08. The van der Waals surface area contributed by atoms with Crippen molar-refractivity contribution in [3.8, 4) is 0 Å². The number of carboxylic acid groups (broad SMARTS) is 1. The van der Waals surface area contributed by atoms with E-state index in [0.717, 1.165) is 0 Å². The maximum absolute atomic E-state index is 10.3. The van der Waals surface area contributed by atoms with Crippen LogP contribution in [-0.2, 0) is 16.0 Å². The molecule has 0 spiro atoms. The highest BCUT2D eigenvalue weighted by Gasteiger charge is 2.15. The molecule has 0 aliphatic rings. The second kappa shape index (κ2) is 5.79. The van der Waals surface area contributed by atoms with Crippen molar-refractivity contribution in [3.63, 3.8) is 0 Å². The van der Waals surface area contributed by atoms with Gasteiger partial charge >= 0.3 is 5.97 Å². The Morgan fingerprint density at radius 2 is 2.30 bits per heavy atom. The molecule has 0 aliphatic carbocycles. The van der Waals surface area contributed by atoms with Crippen LogP contribution < -0.4 is 5.73 Å². The number of halogens is 1. The Kier molecular flexibility index (Phi) is 7.34. The fraction of sp³-hybridized carbons (Fsp3) is 0.750. The van der Waals surface area contributed by atoms with Gasteiger partial charge in [0.05, 0.1) is 6.26 Å². The van der Waals surface area contributed by atoms with Gasteiger partial charge in [-0.3, -0.25) is 4.79 Å². The summed E-state index contributed by atoms with van der Waals surface area (Å²) in [6.45, 7) is 0. The first-order valence-corrected chi connectivity index (χ1v) is 4.05. The van der Waals surface area contributed by atoms with Crippen LogP contribution in [0.15, 0.2) is 0 Å². The second-order valence-electron chi connectivity index (χ2n) is 1.68. The number of aliphatic carboxylic acids is 1. The highest BCUT2D eigenvalue weighted by atomic mass is 35.5. The molecule has 0 saturated heterocycles. The zero-order chi connectivity index (χ0) is 7.44. The molecule has 62 valence electrons. The Hall–Kier alpha value is 0.0300. The standard InChI is InChI=1S/C4H9NO3S.ClH/c1-9(8)2-3(5)4(6)7;/h3H,2,5H2,1H3,(H,6,7);1H/t3-,9?;/m0./s1. The van der Waals surface area contributed by atoms with Gasteiger partial charge in [-0.2, -0.15) is 0 Å². The second-order valence-corrected chi connectivity index (χ2v) is 3.16. The number of rotatable bonds is 3. The largest absolute Gasteiger partial charge is 0.616 e. The monoisotopic (exact) mass is 187 g/mol. The quantitative estimate of drug-likeness (QED) is 0.567. The van der Waals surface area contributed by atoms with Crippen LogP contribution in [0.1, 0.15) is 0 Å². The van der Waals surface area contributed by atoms with Gasteiger partial charge in [-0.05, 0) is 0 Å². The molecular formula is C4H10ClNO3S. The van der Waals surface area contributed by atoms with E-state index in [2.05, 4.69) is 0 Å². The van der Waals surface area contributed by atoms with Gasteiger partial charge in [0, 0.05) is 0 Å². The molecule has 0 saturated carbocycles. The van der Waals surface area contributed by atoms with Crippen molar-refractivity contribution in [1.82, 2.24) is 0 Å².